The topological polar surface area (TPSA) is 66.4 Å². The first-order chi connectivity index (χ1) is 9.89. The second kappa shape index (κ2) is 6.36. The lowest BCUT2D eigenvalue weighted by Crippen LogP contribution is -2.56. The highest BCUT2D eigenvalue weighted by Gasteiger charge is 2.43. The van der Waals surface area contributed by atoms with E-state index in [1.807, 2.05) is 6.92 Å². The number of hydrogen-bond donors (Lipinski definition) is 2. The third-order valence-corrected chi connectivity index (χ3v) is 6.10. The van der Waals surface area contributed by atoms with Gasteiger partial charge in [-0.1, -0.05) is 24.9 Å². The number of thiophene rings is 1. The van der Waals surface area contributed by atoms with E-state index in [1.165, 1.54) is 11.3 Å². The average Bonchev–Trinajstić information content (AvgIpc) is 2.79. The molecule has 1 aliphatic carbocycles. The fraction of sp³-hybridized carbons (Fsp3) is 0.600. The Hall–Kier alpha value is -1.07. The van der Waals surface area contributed by atoms with Crippen LogP contribution in [0.25, 0.3) is 0 Å². The molecule has 0 saturated heterocycles. The highest BCUT2D eigenvalue weighted by Crippen LogP contribution is 2.35. The minimum Gasteiger partial charge on any atom is -0.480 e. The second-order valence-electron chi connectivity index (χ2n) is 5.75. The van der Waals surface area contributed by atoms with Crippen molar-refractivity contribution in [1.82, 2.24) is 5.32 Å². The Morgan fingerprint density at radius 1 is 1.48 bits per heavy atom. The number of halogens is 1. The van der Waals surface area contributed by atoms with Crippen LogP contribution in [0.5, 0.6) is 0 Å². The lowest BCUT2D eigenvalue weighted by molar-refractivity contribution is -0.146. The van der Waals surface area contributed by atoms with Crippen molar-refractivity contribution in [3.63, 3.8) is 0 Å². The molecule has 0 aromatic carbocycles. The van der Waals surface area contributed by atoms with Crippen LogP contribution in [-0.2, 0) is 4.79 Å². The second-order valence-corrected chi connectivity index (χ2v) is 7.01. The monoisotopic (exact) mass is 329 g/mol. The molecule has 2 N–H and O–H groups in total. The summed E-state index contributed by atoms with van der Waals surface area (Å²) in [5.74, 6) is -0.771. The molecule has 1 aliphatic rings. The molecule has 1 aromatic rings. The summed E-state index contributed by atoms with van der Waals surface area (Å²) in [4.78, 5) is 24.4. The third kappa shape index (κ3) is 3.24. The lowest BCUT2D eigenvalue weighted by atomic mass is 9.75. The number of carbonyl (C=O) groups excluding carboxylic acids is 1. The number of aliphatic carboxylic acids is 1. The van der Waals surface area contributed by atoms with Crippen LogP contribution in [0.4, 0.5) is 0 Å². The Morgan fingerprint density at radius 3 is 2.52 bits per heavy atom. The van der Waals surface area contributed by atoms with Gasteiger partial charge in [-0.25, -0.2) is 4.79 Å². The summed E-state index contributed by atoms with van der Waals surface area (Å²) in [6.45, 7) is 3.94. The summed E-state index contributed by atoms with van der Waals surface area (Å²) in [6, 6.07) is 0. The van der Waals surface area contributed by atoms with Crippen LogP contribution < -0.4 is 5.32 Å². The molecule has 21 heavy (non-hydrogen) atoms. The predicted octanol–water partition coefficient (Wildman–Crippen LogP) is 3.86. The quantitative estimate of drug-likeness (QED) is 0.881. The van der Waals surface area contributed by atoms with Gasteiger partial charge in [-0.3, -0.25) is 4.79 Å². The van der Waals surface area contributed by atoms with Crippen molar-refractivity contribution < 1.29 is 14.7 Å². The number of nitrogens with one attached hydrogen (secondary N) is 1. The van der Waals surface area contributed by atoms with Crippen molar-refractivity contribution in [2.24, 2.45) is 5.92 Å². The standard InChI is InChI=1S/C15H20ClNO3S/c1-3-10-4-6-15(7-5-10,14(19)20)17-13(18)12-11(16)9(2)8-21-12/h8,10H,3-7H2,1-2H3,(H,17,18)(H,19,20). The zero-order chi connectivity index (χ0) is 15.6. The number of carboxylic acid groups (broad SMARTS) is 1. The van der Waals surface area contributed by atoms with Crippen molar-refractivity contribution in [2.45, 2.75) is 51.5 Å². The maximum absolute atomic E-state index is 12.4. The van der Waals surface area contributed by atoms with Crippen molar-refractivity contribution in [2.75, 3.05) is 0 Å². The molecule has 0 bridgehead atoms. The van der Waals surface area contributed by atoms with Gasteiger partial charge in [0.05, 0.1) is 5.02 Å². The molecule has 0 radical (unpaired) electrons. The normalized spacial score (nSPS) is 25.6. The smallest absolute Gasteiger partial charge is 0.329 e. The highest BCUT2D eigenvalue weighted by atomic mass is 35.5. The molecule has 1 aromatic heterocycles. The number of hydrogen-bond acceptors (Lipinski definition) is 3. The molecule has 0 unspecified atom stereocenters. The van der Waals surface area contributed by atoms with Crippen LogP contribution >= 0.6 is 22.9 Å². The number of carbonyl (C=O) groups is 2. The zero-order valence-electron chi connectivity index (χ0n) is 12.2. The van der Waals surface area contributed by atoms with Crippen molar-refractivity contribution >= 4 is 34.8 Å². The van der Waals surface area contributed by atoms with E-state index >= 15 is 0 Å². The van der Waals surface area contributed by atoms with Crippen LogP contribution in [0.3, 0.4) is 0 Å². The molecule has 0 atom stereocenters. The number of amides is 1. The summed E-state index contributed by atoms with van der Waals surface area (Å²) in [6.07, 6.45) is 3.68. The van der Waals surface area contributed by atoms with Crippen molar-refractivity contribution in [3.8, 4) is 0 Å². The Labute approximate surface area is 133 Å². The lowest BCUT2D eigenvalue weighted by Gasteiger charge is -2.37. The van der Waals surface area contributed by atoms with E-state index in [2.05, 4.69) is 12.2 Å². The van der Waals surface area contributed by atoms with E-state index in [0.29, 0.717) is 28.7 Å². The summed E-state index contributed by atoms with van der Waals surface area (Å²) < 4.78 is 0. The maximum atomic E-state index is 12.4. The molecule has 116 valence electrons. The Morgan fingerprint density at radius 2 is 2.10 bits per heavy atom. The summed E-state index contributed by atoms with van der Waals surface area (Å²) in [5, 5.41) is 14.5. The van der Waals surface area contributed by atoms with Gasteiger partial charge in [-0.05, 0) is 49.5 Å². The van der Waals surface area contributed by atoms with E-state index in [1.54, 1.807) is 5.38 Å². The SMILES string of the molecule is CCC1CCC(NC(=O)c2scc(C)c2Cl)(C(=O)O)CC1. The fourth-order valence-corrected chi connectivity index (χ4v) is 4.00. The molecule has 6 heteroatoms. The molecular formula is C15H20ClNO3S. The van der Waals surface area contributed by atoms with Crippen molar-refractivity contribution in [1.29, 1.82) is 0 Å². The van der Waals surface area contributed by atoms with Gasteiger partial charge in [0.2, 0.25) is 0 Å². The average molecular weight is 330 g/mol. The largest absolute Gasteiger partial charge is 0.480 e. The number of aryl methyl sites for hydroxylation is 1. The van der Waals surface area contributed by atoms with E-state index in [-0.39, 0.29) is 5.91 Å². The minimum atomic E-state index is -1.15. The Bertz CT molecular complexity index is 547. The first-order valence-corrected chi connectivity index (χ1v) is 8.45. The number of carboxylic acids is 1. The van der Waals surface area contributed by atoms with Gasteiger partial charge >= 0.3 is 5.97 Å². The molecule has 4 nitrogen and oxygen atoms in total. The molecule has 1 saturated carbocycles. The van der Waals surface area contributed by atoms with E-state index in [9.17, 15) is 14.7 Å². The van der Waals surface area contributed by atoms with Crippen LogP contribution in [0.1, 0.15) is 54.3 Å². The molecule has 0 spiro atoms. The summed E-state index contributed by atoms with van der Waals surface area (Å²) in [5.41, 5.74) is -0.310. The molecule has 1 heterocycles. The van der Waals surface area contributed by atoms with Crippen molar-refractivity contribution in [3.05, 3.63) is 20.8 Å². The van der Waals surface area contributed by atoms with Gasteiger partial charge in [0.1, 0.15) is 10.4 Å². The fourth-order valence-electron chi connectivity index (χ4n) is 2.83. The van der Waals surface area contributed by atoms with Gasteiger partial charge in [-0.2, -0.15) is 0 Å². The molecule has 0 aliphatic heterocycles. The van der Waals surface area contributed by atoms with Gasteiger partial charge in [0.15, 0.2) is 0 Å². The Kier molecular flexibility index (Phi) is 4.94. The van der Waals surface area contributed by atoms with E-state index in [0.717, 1.165) is 24.8 Å². The van der Waals surface area contributed by atoms with Crippen LogP contribution in [0, 0.1) is 12.8 Å². The summed E-state index contributed by atoms with van der Waals surface area (Å²) in [7, 11) is 0. The highest BCUT2D eigenvalue weighted by molar-refractivity contribution is 7.13. The first-order valence-electron chi connectivity index (χ1n) is 7.19. The van der Waals surface area contributed by atoms with Gasteiger partial charge in [-0.15, -0.1) is 11.3 Å². The zero-order valence-corrected chi connectivity index (χ0v) is 13.8. The van der Waals surface area contributed by atoms with Crippen LogP contribution in [-0.4, -0.2) is 22.5 Å². The molecule has 1 fully saturated rings. The van der Waals surface area contributed by atoms with Crippen LogP contribution in [0.15, 0.2) is 5.38 Å². The molecule has 1 amide bonds. The first kappa shape index (κ1) is 16.3. The molecule has 2 rings (SSSR count). The minimum absolute atomic E-state index is 0.379. The van der Waals surface area contributed by atoms with E-state index in [4.69, 9.17) is 11.6 Å². The predicted molar refractivity (Wildman–Crippen MR) is 84.1 cm³/mol. The van der Waals surface area contributed by atoms with Crippen LogP contribution in [0.2, 0.25) is 5.02 Å². The summed E-state index contributed by atoms with van der Waals surface area (Å²) >= 11 is 7.35. The van der Waals surface area contributed by atoms with Gasteiger partial charge in [0.25, 0.3) is 5.91 Å². The maximum Gasteiger partial charge on any atom is 0.329 e. The van der Waals surface area contributed by atoms with Gasteiger partial charge < -0.3 is 10.4 Å². The molecular weight excluding hydrogens is 310 g/mol. The number of rotatable bonds is 4. The third-order valence-electron chi connectivity index (χ3n) is 4.40. The Balaban J connectivity index is 2.16. The van der Waals surface area contributed by atoms with Gasteiger partial charge in [0, 0.05) is 0 Å². The van der Waals surface area contributed by atoms with E-state index < -0.39 is 11.5 Å².